The van der Waals surface area contributed by atoms with Gasteiger partial charge in [-0.05, 0) is 119 Å². The van der Waals surface area contributed by atoms with Crippen LogP contribution in [0.3, 0.4) is 0 Å². The molecule has 0 amide bonds. The molecule has 3 heteroatoms. The highest BCUT2D eigenvalue weighted by Crippen LogP contribution is 2.28. The van der Waals surface area contributed by atoms with Gasteiger partial charge in [0.1, 0.15) is 5.83 Å². The van der Waals surface area contributed by atoms with E-state index in [9.17, 15) is 4.39 Å². The zero-order valence-corrected chi connectivity index (χ0v) is 26.0. The number of nitrogens with zero attached hydrogens (tertiary/aromatic N) is 2. The van der Waals surface area contributed by atoms with Gasteiger partial charge in [-0.15, -0.1) is 6.58 Å². The third-order valence-corrected chi connectivity index (χ3v) is 6.82. The molecular formula is C35H59FN2. The highest BCUT2D eigenvalue weighted by molar-refractivity contribution is 5.64. The van der Waals surface area contributed by atoms with Gasteiger partial charge in [-0.25, -0.2) is 4.39 Å². The van der Waals surface area contributed by atoms with Gasteiger partial charge < -0.3 is 4.90 Å². The molecular weight excluding hydrogens is 467 g/mol. The van der Waals surface area contributed by atoms with E-state index < -0.39 is 0 Å². The summed E-state index contributed by atoms with van der Waals surface area (Å²) in [6, 6.07) is 6.85. The molecule has 1 aromatic carbocycles. The second-order valence-electron chi connectivity index (χ2n) is 11.0. The summed E-state index contributed by atoms with van der Waals surface area (Å²) in [7, 11) is 2.22. The van der Waals surface area contributed by atoms with Gasteiger partial charge in [0, 0.05) is 13.1 Å². The highest BCUT2D eigenvalue weighted by Gasteiger charge is 2.17. The van der Waals surface area contributed by atoms with Gasteiger partial charge >= 0.3 is 0 Å². The molecule has 1 aliphatic rings. The molecule has 1 aliphatic heterocycles. The number of unbranched alkanes of at least 4 members (excludes halogenated alkanes) is 1. The molecule has 2 nitrogen and oxygen atoms in total. The molecule has 0 spiro atoms. The van der Waals surface area contributed by atoms with Crippen molar-refractivity contribution in [2.24, 2.45) is 11.8 Å². The Labute approximate surface area is 236 Å². The summed E-state index contributed by atoms with van der Waals surface area (Å²) >= 11 is 0. The first kappa shape index (κ1) is 36.0. The number of piperidine rings is 1. The van der Waals surface area contributed by atoms with Crippen molar-refractivity contribution >= 4 is 5.57 Å². The van der Waals surface area contributed by atoms with Gasteiger partial charge in [-0.1, -0.05) is 78.0 Å². The van der Waals surface area contributed by atoms with E-state index >= 15 is 0 Å². The molecule has 1 unspecified atom stereocenters. The number of hydrogen-bond donors (Lipinski definition) is 0. The Balaban J connectivity index is 0.00000208. The Morgan fingerprint density at radius 2 is 1.79 bits per heavy atom. The zero-order valence-electron chi connectivity index (χ0n) is 26.0. The lowest BCUT2D eigenvalue weighted by molar-refractivity contribution is 0.213. The predicted molar refractivity (Wildman–Crippen MR) is 170 cm³/mol. The van der Waals surface area contributed by atoms with E-state index in [0.29, 0.717) is 0 Å². The maximum atomic E-state index is 13.0. The van der Waals surface area contributed by atoms with Crippen LogP contribution < -0.4 is 0 Å². The molecule has 0 radical (unpaired) electrons. The topological polar surface area (TPSA) is 6.48 Å². The van der Waals surface area contributed by atoms with Gasteiger partial charge in [0.05, 0.1) is 0 Å². The SMILES string of the molecule is C=C(F)/C=C\C(C)CN(CCCC)Cc1cc(C(=C)CCC2CCN(C)CC2)ccc1C.C=CC.CCC. The van der Waals surface area contributed by atoms with Crippen molar-refractivity contribution in [3.63, 3.8) is 0 Å². The first-order chi connectivity index (χ1) is 18.1. The standard InChI is InChI=1S/C29H45FN2.C3H8.C3H6/c1-7-8-17-32(21-23(2)9-12-26(5)30)22-29-20-28(14-11-25(29)4)24(3)10-13-27-15-18-31(6)19-16-27;2*1-3-2/h9,11-12,14,20,23,27H,3,5,7-8,10,13,15-19,21-22H2,1-2,4,6H3;3H2,1-2H3;3H,1H2,2H3/b12-9-;;. The number of aryl methyl sites for hydroxylation is 1. The van der Waals surface area contributed by atoms with Gasteiger partial charge in [-0.3, -0.25) is 4.90 Å². The van der Waals surface area contributed by atoms with Crippen LogP contribution in [0.2, 0.25) is 0 Å². The fourth-order valence-electron chi connectivity index (χ4n) is 4.53. The smallest absolute Gasteiger partial charge is 0.115 e. The summed E-state index contributed by atoms with van der Waals surface area (Å²) in [5.41, 5.74) is 5.27. The van der Waals surface area contributed by atoms with Gasteiger partial charge in [-0.2, -0.15) is 0 Å². The van der Waals surface area contributed by atoms with Crippen LogP contribution in [0, 0.1) is 18.8 Å². The Bertz CT molecular complexity index is 817. The van der Waals surface area contributed by atoms with Crippen LogP contribution in [-0.2, 0) is 6.54 Å². The van der Waals surface area contributed by atoms with Gasteiger partial charge in [0.2, 0.25) is 0 Å². The van der Waals surface area contributed by atoms with Crippen LogP contribution in [0.5, 0.6) is 0 Å². The van der Waals surface area contributed by atoms with Crippen molar-refractivity contribution < 1.29 is 4.39 Å². The average molecular weight is 527 g/mol. The van der Waals surface area contributed by atoms with Crippen LogP contribution in [0.15, 0.2) is 62.0 Å². The van der Waals surface area contributed by atoms with E-state index in [0.717, 1.165) is 32.0 Å². The van der Waals surface area contributed by atoms with Crippen molar-refractivity contribution in [1.29, 1.82) is 0 Å². The molecule has 38 heavy (non-hydrogen) atoms. The monoisotopic (exact) mass is 526 g/mol. The summed E-state index contributed by atoms with van der Waals surface area (Å²) < 4.78 is 13.0. The normalized spacial score (nSPS) is 14.9. The largest absolute Gasteiger partial charge is 0.306 e. The molecule has 0 saturated carbocycles. The third kappa shape index (κ3) is 16.8. The number of likely N-dealkylation sites (tertiary alicyclic amines) is 1. The minimum Gasteiger partial charge on any atom is -0.306 e. The lowest BCUT2D eigenvalue weighted by atomic mass is 9.89. The fraction of sp³-hybridized carbons (Fsp3) is 0.600. The van der Waals surface area contributed by atoms with Crippen molar-refractivity contribution in [1.82, 2.24) is 9.80 Å². The molecule has 1 atom stereocenters. The predicted octanol–water partition coefficient (Wildman–Crippen LogP) is 10.0. The maximum Gasteiger partial charge on any atom is 0.115 e. The van der Waals surface area contributed by atoms with Crippen molar-refractivity contribution in [2.45, 2.75) is 93.0 Å². The Kier molecular flexibility index (Phi) is 20.8. The first-order valence-electron chi connectivity index (χ1n) is 14.9. The Hall–Kier alpha value is -1.97. The molecule has 1 fully saturated rings. The molecule has 0 N–H and O–H groups in total. The number of halogens is 1. The Morgan fingerprint density at radius 1 is 1.18 bits per heavy atom. The van der Waals surface area contributed by atoms with E-state index in [1.54, 1.807) is 6.08 Å². The van der Waals surface area contributed by atoms with Gasteiger partial charge in [0.15, 0.2) is 0 Å². The van der Waals surface area contributed by atoms with Crippen molar-refractivity contribution in [3.8, 4) is 0 Å². The van der Waals surface area contributed by atoms with E-state index in [2.05, 4.69) is 89.4 Å². The zero-order chi connectivity index (χ0) is 28.9. The van der Waals surface area contributed by atoms with E-state index in [1.165, 1.54) is 80.0 Å². The van der Waals surface area contributed by atoms with Crippen LogP contribution >= 0.6 is 0 Å². The van der Waals surface area contributed by atoms with Crippen molar-refractivity contribution in [3.05, 3.63) is 78.7 Å². The molecule has 216 valence electrons. The van der Waals surface area contributed by atoms with Crippen LogP contribution in [0.4, 0.5) is 4.39 Å². The number of hydrogen-bond acceptors (Lipinski definition) is 2. The van der Waals surface area contributed by atoms with Crippen LogP contribution in [-0.4, -0.2) is 43.0 Å². The Morgan fingerprint density at radius 3 is 2.34 bits per heavy atom. The van der Waals surface area contributed by atoms with Crippen LogP contribution in [0.25, 0.3) is 5.57 Å². The number of rotatable bonds is 13. The molecule has 2 rings (SSSR count). The molecule has 1 aromatic rings. The second kappa shape index (κ2) is 21.9. The minimum atomic E-state index is -0.376. The first-order valence-corrected chi connectivity index (χ1v) is 14.9. The fourth-order valence-corrected chi connectivity index (χ4v) is 4.53. The lowest BCUT2D eigenvalue weighted by Crippen LogP contribution is -2.30. The summed E-state index contributed by atoms with van der Waals surface area (Å²) in [6.45, 7) is 29.2. The number of benzene rings is 1. The minimum absolute atomic E-state index is 0.285. The van der Waals surface area contributed by atoms with E-state index in [4.69, 9.17) is 0 Å². The maximum absolute atomic E-state index is 13.0. The average Bonchev–Trinajstić information content (AvgIpc) is 2.87. The molecule has 0 aromatic heterocycles. The highest BCUT2D eigenvalue weighted by atomic mass is 19.1. The van der Waals surface area contributed by atoms with E-state index in [1.807, 2.05) is 13.0 Å². The quantitative estimate of drug-likeness (QED) is 0.186. The summed E-state index contributed by atoms with van der Waals surface area (Å²) in [5, 5.41) is 0. The molecule has 0 bridgehead atoms. The second-order valence-corrected chi connectivity index (χ2v) is 11.0. The molecule has 1 saturated heterocycles. The number of allylic oxidation sites excluding steroid dienone is 4. The lowest BCUT2D eigenvalue weighted by Gasteiger charge is -2.29. The van der Waals surface area contributed by atoms with Crippen molar-refractivity contribution in [2.75, 3.05) is 33.2 Å². The van der Waals surface area contributed by atoms with Gasteiger partial charge in [0.25, 0.3) is 0 Å². The van der Waals surface area contributed by atoms with Crippen LogP contribution in [0.1, 0.15) is 96.3 Å². The molecule has 1 heterocycles. The molecule has 0 aliphatic carbocycles. The van der Waals surface area contributed by atoms with E-state index in [-0.39, 0.29) is 11.7 Å². The third-order valence-electron chi connectivity index (χ3n) is 6.82. The summed E-state index contributed by atoms with van der Waals surface area (Å²) in [6.07, 6.45) is 13.7. The summed E-state index contributed by atoms with van der Waals surface area (Å²) in [5.74, 6) is 0.749. The summed E-state index contributed by atoms with van der Waals surface area (Å²) in [4.78, 5) is 4.94.